The second-order valence-corrected chi connectivity index (χ2v) is 7.08. The third kappa shape index (κ3) is 4.26. The first-order valence-corrected chi connectivity index (χ1v) is 8.52. The van der Waals surface area contributed by atoms with E-state index in [9.17, 15) is 4.21 Å². The number of hydrogen-bond donors (Lipinski definition) is 1. The maximum atomic E-state index is 12.5. The van der Waals surface area contributed by atoms with Gasteiger partial charge in [-0.05, 0) is 45.5 Å². The maximum Gasteiger partial charge on any atom is 0.0548 e. The van der Waals surface area contributed by atoms with Crippen LogP contribution in [0.25, 0.3) is 0 Å². The number of rotatable bonds is 5. The van der Waals surface area contributed by atoms with Crippen molar-refractivity contribution in [3.05, 3.63) is 64.7 Å². The Bertz CT molecular complexity index is 614. The highest BCUT2D eigenvalue weighted by Gasteiger charge is 2.15. The molecule has 2 aromatic rings. The molecule has 2 unspecified atom stereocenters. The van der Waals surface area contributed by atoms with Crippen LogP contribution in [0.15, 0.2) is 47.4 Å². The van der Waals surface area contributed by atoms with Crippen LogP contribution in [-0.4, -0.2) is 17.0 Å². The van der Waals surface area contributed by atoms with E-state index < -0.39 is 10.8 Å². The molecule has 2 nitrogen and oxygen atoms in total. The lowest BCUT2D eigenvalue weighted by molar-refractivity contribution is 0.635. The van der Waals surface area contributed by atoms with Gasteiger partial charge in [0.15, 0.2) is 0 Å². The molecule has 0 aliphatic carbocycles. The van der Waals surface area contributed by atoms with Gasteiger partial charge in [0.25, 0.3) is 0 Å². The predicted octanol–water partition coefficient (Wildman–Crippen LogP) is 3.68. The highest BCUT2D eigenvalue weighted by Crippen LogP contribution is 2.20. The summed E-state index contributed by atoms with van der Waals surface area (Å²) in [5.41, 5.74) is 4.88. The van der Waals surface area contributed by atoms with Crippen molar-refractivity contribution in [1.82, 2.24) is 5.32 Å². The van der Waals surface area contributed by atoms with Crippen molar-refractivity contribution < 1.29 is 4.21 Å². The molecule has 2 atom stereocenters. The van der Waals surface area contributed by atoms with Crippen LogP contribution in [0.1, 0.15) is 28.3 Å². The fourth-order valence-corrected chi connectivity index (χ4v) is 3.79. The molecule has 2 aromatic carbocycles. The van der Waals surface area contributed by atoms with Gasteiger partial charge in [0.2, 0.25) is 0 Å². The molecule has 0 saturated carbocycles. The summed E-state index contributed by atoms with van der Waals surface area (Å²) in [6, 6.07) is 14.5. The average Bonchev–Trinajstić information content (AvgIpc) is 2.44. The number of benzene rings is 2. The molecule has 3 heteroatoms. The van der Waals surface area contributed by atoms with E-state index in [0.717, 1.165) is 4.90 Å². The van der Waals surface area contributed by atoms with Crippen LogP contribution in [-0.2, 0) is 10.8 Å². The minimum atomic E-state index is -0.998. The molecule has 0 amide bonds. The molecule has 0 aliphatic rings. The minimum Gasteiger partial charge on any atom is -0.312 e. The maximum absolute atomic E-state index is 12.5. The Morgan fingerprint density at radius 1 is 0.952 bits per heavy atom. The Morgan fingerprint density at radius 3 is 2.05 bits per heavy atom. The lowest BCUT2D eigenvalue weighted by Crippen LogP contribution is -2.23. The first-order valence-electron chi connectivity index (χ1n) is 7.20. The van der Waals surface area contributed by atoms with Gasteiger partial charge in [-0.15, -0.1) is 0 Å². The molecule has 0 fully saturated rings. The Kier molecular flexibility index (Phi) is 5.32. The molecule has 0 spiro atoms. The fraction of sp³-hybridized carbons (Fsp3) is 0.333. The lowest BCUT2D eigenvalue weighted by atomic mass is 10.0. The smallest absolute Gasteiger partial charge is 0.0548 e. The van der Waals surface area contributed by atoms with Crippen LogP contribution in [0.4, 0.5) is 0 Å². The van der Waals surface area contributed by atoms with Crippen molar-refractivity contribution in [1.29, 1.82) is 0 Å². The van der Waals surface area contributed by atoms with Gasteiger partial charge in [-0.3, -0.25) is 4.21 Å². The van der Waals surface area contributed by atoms with E-state index in [1.54, 1.807) is 0 Å². The predicted molar refractivity (Wildman–Crippen MR) is 90.2 cm³/mol. The zero-order chi connectivity index (χ0) is 15.4. The third-order valence-electron chi connectivity index (χ3n) is 3.60. The van der Waals surface area contributed by atoms with Crippen LogP contribution in [0, 0.1) is 20.8 Å². The Labute approximate surface area is 130 Å². The number of aryl methyl sites for hydroxylation is 3. The molecule has 1 N–H and O–H groups in total. The van der Waals surface area contributed by atoms with Gasteiger partial charge >= 0.3 is 0 Å². The number of nitrogens with one attached hydrogen (secondary N) is 1. The van der Waals surface area contributed by atoms with Crippen molar-refractivity contribution in [3.8, 4) is 0 Å². The first kappa shape index (κ1) is 15.9. The second-order valence-electron chi connectivity index (χ2n) is 5.59. The summed E-state index contributed by atoms with van der Waals surface area (Å²) in [5.74, 6) is 0.586. The van der Waals surface area contributed by atoms with Crippen molar-refractivity contribution in [2.24, 2.45) is 0 Å². The minimum absolute atomic E-state index is 0.103. The molecule has 2 rings (SSSR count). The fourth-order valence-electron chi connectivity index (χ4n) is 2.49. The van der Waals surface area contributed by atoms with Crippen molar-refractivity contribution in [2.45, 2.75) is 31.7 Å². The summed E-state index contributed by atoms with van der Waals surface area (Å²) in [6.07, 6.45) is 0. The zero-order valence-electron chi connectivity index (χ0n) is 13.1. The summed E-state index contributed by atoms with van der Waals surface area (Å²) in [4.78, 5) is 0.894. The Hall–Kier alpha value is -1.45. The molecule has 0 aromatic heterocycles. The molecule has 112 valence electrons. The quantitative estimate of drug-likeness (QED) is 0.913. The Morgan fingerprint density at radius 2 is 1.52 bits per heavy atom. The molecule has 0 bridgehead atoms. The average molecular weight is 301 g/mol. The zero-order valence-corrected chi connectivity index (χ0v) is 14.0. The van der Waals surface area contributed by atoms with Gasteiger partial charge in [0.1, 0.15) is 0 Å². The van der Waals surface area contributed by atoms with E-state index in [1.165, 1.54) is 22.3 Å². The highest BCUT2D eigenvalue weighted by molar-refractivity contribution is 7.85. The molecule has 21 heavy (non-hydrogen) atoms. The van der Waals surface area contributed by atoms with Gasteiger partial charge in [-0.2, -0.15) is 0 Å². The van der Waals surface area contributed by atoms with Gasteiger partial charge in [0.05, 0.1) is 10.8 Å². The Balaban J connectivity index is 2.18. The van der Waals surface area contributed by atoms with Crippen LogP contribution in [0.3, 0.4) is 0 Å². The molecule has 0 aliphatic heterocycles. The molecular weight excluding hydrogens is 278 g/mol. The lowest BCUT2D eigenvalue weighted by Gasteiger charge is -2.17. The number of hydrogen-bond acceptors (Lipinski definition) is 2. The van der Waals surface area contributed by atoms with Crippen LogP contribution < -0.4 is 5.32 Å². The highest BCUT2D eigenvalue weighted by atomic mass is 32.2. The summed E-state index contributed by atoms with van der Waals surface area (Å²) in [5, 5.41) is 3.29. The summed E-state index contributed by atoms with van der Waals surface area (Å²) in [6.45, 7) is 6.24. The largest absolute Gasteiger partial charge is 0.312 e. The van der Waals surface area contributed by atoms with Crippen LogP contribution >= 0.6 is 0 Å². The SMILES string of the molecule is CNC(CS(=O)c1ccc(C)cc1)c1cc(C)cc(C)c1. The van der Waals surface area contributed by atoms with E-state index in [4.69, 9.17) is 0 Å². The van der Waals surface area contributed by atoms with Crippen LogP contribution in [0.5, 0.6) is 0 Å². The standard InChI is InChI=1S/C18H23NOS/c1-13-5-7-17(8-6-13)21(20)12-18(19-4)16-10-14(2)9-15(3)11-16/h5-11,18-19H,12H2,1-4H3. The topological polar surface area (TPSA) is 29.1 Å². The van der Waals surface area contributed by atoms with E-state index in [0.29, 0.717) is 5.75 Å². The van der Waals surface area contributed by atoms with Gasteiger partial charge in [0, 0.05) is 16.7 Å². The second kappa shape index (κ2) is 7.01. The van der Waals surface area contributed by atoms with Crippen molar-refractivity contribution in [2.75, 3.05) is 12.8 Å². The molecule has 0 radical (unpaired) electrons. The van der Waals surface area contributed by atoms with Gasteiger partial charge < -0.3 is 5.32 Å². The molecule has 0 saturated heterocycles. The van der Waals surface area contributed by atoms with Crippen molar-refractivity contribution in [3.63, 3.8) is 0 Å². The summed E-state index contributed by atoms with van der Waals surface area (Å²) >= 11 is 0. The monoisotopic (exact) mass is 301 g/mol. The first-order chi connectivity index (χ1) is 9.99. The third-order valence-corrected chi connectivity index (χ3v) is 5.03. The molecule has 0 heterocycles. The summed E-state index contributed by atoms with van der Waals surface area (Å²) in [7, 11) is 0.927. The van der Waals surface area contributed by atoms with Crippen molar-refractivity contribution >= 4 is 10.8 Å². The van der Waals surface area contributed by atoms with Gasteiger partial charge in [-0.25, -0.2) is 0 Å². The van der Waals surface area contributed by atoms with E-state index in [1.807, 2.05) is 38.2 Å². The summed E-state index contributed by atoms with van der Waals surface area (Å²) < 4.78 is 12.5. The molecular formula is C18H23NOS. The van der Waals surface area contributed by atoms with E-state index in [2.05, 4.69) is 37.4 Å². The van der Waals surface area contributed by atoms with Crippen LogP contribution in [0.2, 0.25) is 0 Å². The van der Waals surface area contributed by atoms with E-state index >= 15 is 0 Å². The van der Waals surface area contributed by atoms with E-state index in [-0.39, 0.29) is 6.04 Å². The normalized spacial score (nSPS) is 13.9. The van der Waals surface area contributed by atoms with Gasteiger partial charge in [-0.1, -0.05) is 47.0 Å².